The highest BCUT2D eigenvalue weighted by molar-refractivity contribution is 7.80. The van der Waals surface area contributed by atoms with Crippen molar-refractivity contribution in [2.75, 3.05) is 18.8 Å². The van der Waals surface area contributed by atoms with Crippen LogP contribution in [-0.2, 0) is 4.74 Å². The van der Waals surface area contributed by atoms with E-state index in [-0.39, 0.29) is 6.09 Å². The van der Waals surface area contributed by atoms with Gasteiger partial charge in [-0.2, -0.15) is 12.6 Å². The molecule has 1 aliphatic carbocycles. The molecule has 0 aromatic heterocycles. The zero-order valence-electron chi connectivity index (χ0n) is 11.7. The van der Waals surface area contributed by atoms with E-state index >= 15 is 0 Å². The molecule has 1 aliphatic heterocycles. The Labute approximate surface area is 116 Å². The maximum absolute atomic E-state index is 12.0. The fourth-order valence-electron chi connectivity index (χ4n) is 3.27. The Bertz CT molecular complexity index is 326. The molecular weight excluding hydrogens is 246 g/mol. The number of thiol groups is 1. The lowest BCUT2D eigenvalue weighted by Crippen LogP contribution is -2.36. The van der Waals surface area contributed by atoms with Gasteiger partial charge in [-0.15, -0.1) is 0 Å². The van der Waals surface area contributed by atoms with Gasteiger partial charge in [0.2, 0.25) is 0 Å². The van der Waals surface area contributed by atoms with E-state index in [0.29, 0.717) is 5.41 Å². The molecular formula is C14H25NO2S. The first-order chi connectivity index (χ1) is 8.34. The summed E-state index contributed by atoms with van der Waals surface area (Å²) in [6.45, 7) is 7.50. The van der Waals surface area contributed by atoms with Crippen molar-refractivity contribution in [1.29, 1.82) is 0 Å². The third-order valence-electron chi connectivity index (χ3n) is 4.15. The van der Waals surface area contributed by atoms with E-state index in [1.165, 1.54) is 19.3 Å². The van der Waals surface area contributed by atoms with Crippen molar-refractivity contribution in [3.05, 3.63) is 0 Å². The number of likely N-dealkylation sites (tertiary alicyclic amines) is 1. The molecule has 2 aliphatic rings. The Hall–Kier alpha value is -0.380. The molecule has 1 heterocycles. The van der Waals surface area contributed by atoms with Crippen molar-refractivity contribution in [3.63, 3.8) is 0 Å². The summed E-state index contributed by atoms with van der Waals surface area (Å²) in [5.41, 5.74) is -0.0273. The highest BCUT2D eigenvalue weighted by Crippen LogP contribution is 2.48. The Balaban J connectivity index is 1.91. The Morgan fingerprint density at radius 1 is 1.44 bits per heavy atom. The van der Waals surface area contributed by atoms with E-state index in [2.05, 4.69) is 12.6 Å². The lowest BCUT2D eigenvalue weighted by atomic mass is 9.85. The van der Waals surface area contributed by atoms with Gasteiger partial charge in [0.1, 0.15) is 5.60 Å². The topological polar surface area (TPSA) is 29.5 Å². The molecule has 0 unspecified atom stereocenters. The molecule has 1 amide bonds. The number of carbonyl (C=O) groups excluding carboxylic acids is 1. The lowest BCUT2D eigenvalue weighted by Gasteiger charge is -2.27. The van der Waals surface area contributed by atoms with Gasteiger partial charge in [0.25, 0.3) is 0 Å². The minimum Gasteiger partial charge on any atom is -0.444 e. The van der Waals surface area contributed by atoms with Gasteiger partial charge >= 0.3 is 6.09 Å². The predicted octanol–water partition coefficient (Wildman–Crippen LogP) is 3.34. The fourth-order valence-corrected chi connectivity index (χ4v) is 3.58. The molecule has 0 aromatic carbocycles. The average Bonchev–Trinajstić information content (AvgIpc) is 2.84. The van der Waals surface area contributed by atoms with Crippen LogP contribution in [0, 0.1) is 11.3 Å². The highest BCUT2D eigenvalue weighted by atomic mass is 32.1. The first-order valence-corrected chi connectivity index (χ1v) is 7.56. The van der Waals surface area contributed by atoms with Crippen molar-refractivity contribution >= 4 is 18.7 Å². The molecule has 1 saturated heterocycles. The first-order valence-electron chi connectivity index (χ1n) is 6.92. The van der Waals surface area contributed by atoms with Crippen molar-refractivity contribution in [2.24, 2.45) is 11.3 Å². The SMILES string of the molecule is CC(C)(C)OC(=O)N1CC[C@]2(CC[C@@H](CS)C2)C1. The van der Waals surface area contributed by atoms with Crippen LogP contribution in [0.2, 0.25) is 0 Å². The van der Waals surface area contributed by atoms with E-state index < -0.39 is 5.60 Å². The normalized spacial score (nSPS) is 32.2. The molecule has 0 bridgehead atoms. The number of amides is 1. The summed E-state index contributed by atoms with van der Waals surface area (Å²) in [6, 6.07) is 0. The number of carbonyl (C=O) groups is 1. The third-order valence-corrected chi connectivity index (χ3v) is 4.67. The molecule has 2 atom stereocenters. The third kappa shape index (κ3) is 3.14. The molecule has 18 heavy (non-hydrogen) atoms. The Kier molecular flexibility index (Phi) is 3.86. The maximum Gasteiger partial charge on any atom is 0.410 e. The van der Waals surface area contributed by atoms with Crippen molar-refractivity contribution in [1.82, 2.24) is 4.90 Å². The van der Waals surface area contributed by atoms with Crippen LogP contribution in [-0.4, -0.2) is 35.4 Å². The van der Waals surface area contributed by atoms with E-state index in [4.69, 9.17) is 4.74 Å². The second-order valence-corrected chi connectivity index (χ2v) is 7.31. The zero-order chi connectivity index (χ0) is 13.4. The minimum atomic E-state index is -0.393. The summed E-state index contributed by atoms with van der Waals surface area (Å²) < 4.78 is 5.45. The summed E-state index contributed by atoms with van der Waals surface area (Å²) in [5, 5.41) is 0. The summed E-state index contributed by atoms with van der Waals surface area (Å²) in [4.78, 5) is 13.9. The standard InChI is InChI=1S/C14H25NO2S/c1-13(2,3)17-12(16)15-7-6-14(10-15)5-4-11(8-14)9-18/h11,18H,4-10H2,1-3H3/t11-,14+/m1/s1. The van der Waals surface area contributed by atoms with Crippen LogP contribution >= 0.6 is 12.6 Å². The molecule has 4 heteroatoms. The van der Waals surface area contributed by atoms with Crippen LogP contribution in [0.3, 0.4) is 0 Å². The fraction of sp³-hybridized carbons (Fsp3) is 0.929. The highest BCUT2D eigenvalue weighted by Gasteiger charge is 2.45. The second-order valence-electron chi connectivity index (χ2n) is 6.94. The van der Waals surface area contributed by atoms with E-state index in [1.54, 1.807) is 0 Å². The minimum absolute atomic E-state index is 0.145. The van der Waals surface area contributed by atoms with Crippen LogP contribution in [0.25, 0.3) is 0 Å². The average molecular weight is 271 g/mol. The number of hydrogen-bond donors (Lipinski definition) is 1. The summed E-state index contributed by atoms with van der Waals surface area (Å²) in [7, 11) is 0. The monoisotopic (exact) mass is 271 g/mol. The van der Waals surface area contributed by atoms with Gasteiger partial charge < -0.3 is 9.64 Å². The van der Waals surface area contributed by atoms with Crippen molar-refractivity contribution in [2.45, 2.75) is 52.1 Å². The molecule has 0 radical (unpaired) electrons. The molecule has 104 valence electrons. The Morgan fingerprint density at radius 2 is 2.17 bits per heavy atom. The van der Waals surface area contributed by atoms with Gasteiger partial charge in [0, 0.05) is 13.1 Å². The van der Waals surface area contributed by atoms with E-state index in [1.807, 2.05) is 25.7 Å². The molecule has 2 rings (SSSR count). The number of nitrogens with zero attached hydrogens (tertiary/aromatic N) is 1. The summed E-state index contributed by atoms with van der Waals surface area (Å²) >= 11 is 4.41. The van der Waals surface area contributed by atoms with Crippen LogP contribution < -0.4 is 0 Å². The molecule has 1 spiro atoms. The zero-order valence-corrected chi connectivity index (χ0v) is 12.6. The molecule has 1 saturated carbocycles. The largest absolute Gasteiger partial charge is 0.444 e. The quantitative estimate of drug-likeness (QED) is 0.741. The van der Waals surface area contributed by atoms with Crippen LogP contribution in [0.4, 0.5) is 4.79 Å². The van der Waals surface area contributed by atoms with E-state index in [9.17, 15) is 4.79 Å². The smallest absolute Gasteiger partial charge is 0.410 e. The van der Waals surface area contributed by atoms with Crippen molar-refractivity contribution < 1.29 is 9.53 Å². The number of rotatable bonds is 1. The second kappa shape index (κ2) is 4.95. The molecule has 3 nitrogen and oxygen atoms in total. The van der Waals surface area contributed by atoms with Gasteiger partial charge in [0.15, 0.2) is 0 Å². The van der Waals surface area contributed by atoms with Gasteiger partial charge in [0.05, 0.1) is 0 Å². The summed E-state index contributed by atoms with van der Waals surface area (Å²) in [6.07, 6.45) is 4.74. The molecule has 2 fully saturated rings. The molecule has 0 N–H and O–H groups in total. The number of ether oxygens (including phenoxy) is 1. The maximum atomic E-state index is 12.0. The van der Waals surface area contributed by atoms with E-state index in [0.717, 1.165) is 31.2 Å². The summed E-state index contributed by atoms with van der Waals surface area (Å²) in [5.74, 6) is 1.72. The lowest BCUT2D eigenvalue weighted by molar-refractivity contribution is 0.0273. The molecule has 0 aromatic rings. The first kappa shape index (κ1) is 14.0. The van der Waals surface area contributed by atoms with Gasteiger partial charge in [-0.25, -0.2) is 4.79 Å². The van der Waals surface area contributed by atoms with Crippen LogP contribution in [0.1, 0.15) is 46.5 Å². The van der Waals surface area contributed by atoms with Gasteiger partial charge in [-0.05, 0) is 63.5 Å². The van der Waals surface area contributed by atoms with Gasteiger partial charge in [-0.3, -0.25) is 0 Å². The predicted molar refractivity (Wildman–Crippen MR) is 76.1 cm³/mol. The van der Waals surface area contributed by atoms with Crippen LogP contribution in [0.5, 0.6) is 0 Å². The number of hydrogen-bond acceptors (Lipinski definition) is 3. The van der Waals surface area contributed by atoms with Crippen LogP contribution in [0.15, 0.2) is 0 Å². The van der Waals surface area contributed by atoms with Gasteiger partial charge in [-0.1, -0.05) is 0 Å². The Morgan fingerprint density at radius 3 is 2.72 bits per heavy atom. The van der Waals surface area contributed by atoms with Crippen molar-refractivity contribution in [3.8, 4) is 0 Å².